The molecular weight excluding hydrogens is 330 g/mol. The Balaban J connectivity index is 2.34. The Labute approximate surface area is 126 Å². The highest BCUT2D eigenvalue weighted by Gasteiger charge is 2.34. The van der Waals surface area contributed by atoms with Crippen molar-refractivity contribution in [2.24, 2.45) is 0 Å². The van der Waals surface area contributed by atoms with Crippen LogP contribution in [0.3, 0.4) is 0 Å². The molecule has 9 heteroatoms. The maximum absolute atomic E-state index is 13.2. The number of aromatic nitrogens is 2. The zero-order valence-corrected chi connectivity index (χ0v) is 12.1. The van der Waals surface area contributed by atoms with E-state index in [0.29, 0.717) is 11.2 Å². The van der Waals surface area contributed by atoms with Crippen LogP contribution in [0.4, 0.5) is 29.1 Å². The van der Waals surface area contributed by atoms with E-state index in [4.69, 9.17) is 11.6 Å². The lowest BCUT2D eigenvalue weighted by molar-refractivity contribution is -0.139. The third-order valence-corrected chi connectivity index (χ3v) is 3.14. The molecule has 0 aliphatic rings. The van der Waals surface area contributed by atoms with E-state index in [9.17, 15) is 17.6 Å². The van der Waals surface area contributed by atoms with Gasteiger partial charge in [0, 0.05) is 11.8 Å². The predicted octanol–water partition coefficient (Wildman–Crippen LogP) is 4.75. The summed E-state index contributed by atoms with van der Waals surface area (Å²) < 4.78 is 51.1. The SMILES string of the molecule is CSc1nc(Cl)cc(Nc2ccc(F)c(C(F)(F)F)c2)n1. The van der Waals surface area contributed by atoms with Gasteiger partial charge in [0.1, 0.15) is 16.8 Å². The largest absolute Gasteiger partial charge is 0.419 e. The van der Waals surface area contributed by atoms with Gasteiger partial charge in [0.25, 0.3) is 0 Å². The van der Waals surface area contributed by atoms with Gasteiger partial charge in [-0.15, -0.1) is 0 Å². The van der Waals surface area contributed by atoms with Crippen LogP contribution >= 0.6 is 23.4 Å². The van der Waals surface area contributed by atoms with Gasteiger partial charge in [0.05, 0.1) is 5.56 Å². The molecular formula is C12H8ClF4N3S. The van der Waals surface area contributed by atoms with E-state index in [2.05, 4.69) is 15.3 Å². The molecule has 112 valence electrons. The molecule has 0 amide bonds. The molecule has 0 saturated carbocycles. The third kappa shape index (κ3) is 3.98. The standard InChI is InChI=1S/C12H8ClF4N3S/c1-21-11-19-9(13)5-10(20-11)18-6-2-3-8(14)7(4-6)12(15,16)17/h2-5H,1H3,(H,18,19,20). The highest BCUT2D eigenvalue weighted by molar-refractivity contribution is 7.98. The van der Waals surface area contributed by atoms with Crippen molar-refractivity contribution in [3.8, 4) is 0 Å². The molecule has 1 heterocycles. The van der Waals surface area contributed by atoms with Crippen molar-refractivity contribution in [2.75, 3.05) is 11.6 Å². The Bertz CT molecular complexity index is 663. The minimum absolute atomic E-state index is 0.0468. The number of alkyl halides is 3. The van der Waals surface area contributed by atoms with Gasteiger partial charge in [0.2, 0.25) is 0 Å². The first-order valence-electron chi connectivity index (χ1n) is 5.52. The normalized spacial score (nSPS) is 11.5. The number of hydrogen-bond donors (Lipinski definition) is 1. The molecule has 3 nitrogen and oxygen atoms in total. The lowest BCUT2D eigenvalue weighted by Gasteiger charge is -2.11. The molecule has 0 radical (unpaired) electrons. The van der Waals surface area contributed by atoms with Crippen LogP contribution in [0.2, 0.25) is 5.15 Å². The van der Waals surface area contributed by atoms with Crippen molar-refractivity contribution in [3.05, 3.63) is 40.8 Å². The summed E-state index contributed by atoms with van der Waals surface area (Å²) in [4.78, 5) is 7.95. The molecule has 0 bridgehead atoms. The average Bonchev–Trinajstić information content (AvgIpc) is 2.39. The van der Waals surface area contributed by atoms with Crippen LogP contribution in [-0.2, 0) is 6.18 Å². The molecule has 1 N–H and O–H groups in total. The van der Waals surface area contributed by atoms with Crippen molar-refractivity contribution >= 4 is 34.9 Å². The number of hydrogen-bond acceptors (Lipinski definition) is 4. The molecule has 0 atom stereocenters. The van der Waals surface area contributed by atoms with Crippen LogP contribution in [0.25, 0.3) is 0 Å². The van der Waals surface area contributed by atoms with E-state index in [1.165, 1.54) is 23.9 Å². The van der Waals surface area contributed by atoms with Crippen LogP contribution in [-0.4, -0.2) is 16.2 Å². The smallest absolute Gasteiger partial charge is 0.340 e. The van der Waals surface area contributed by atoms with Gasteiger partial charge in [-0.2, -0.15) is 13.2 Å². The highest BCUT2D eigenvalue weighted by Crippen LogP contribution is 2.33. The van der Waals surface area contributed by atoms with Gasteiger partial charge >= 0.3 is 6.18 Å². The summed E-state index contributed by atoms with van der Waals surface area (Å²) in [7, 11) is 0. The second-order valence-electron chi connectivity index (χ2n) is 3.88. The predicted molar refractivity (Wildman–Crippen MR) is 73.5 cm³/mol. The summed E-state index contributed by atoms with van der Waals surface area (Å²) in [5.74, 6) is -1.11. The highest BCUT2D eigenvalue weighted by atomic mass is 35.5. The number of nitrogens with zero attached hydrogens (tertiary/aromatic N) is 2. The molecule has 0 saturated heterocycles. The first kappa shape index (κ1) is 15.8. The Morgan fingerprint density at radius 3 is 2.52 bits per heavy atom. The van der Waals surface area contributed by atoms with Gasteiger partial charge in [-0.3, -0.25) is 0 Å². The molecule has 1 aromatic carbocycles. The van der Waals surface area contributed by atoms with E-state index in [1.807, 2.05) is 0 Å². The molecule has 0 unspecified atom stereocenters. The zero-order valence-electron chi connectivity index (χ0n) is 10.5. The maximum Gasteiger partial charge on any atom is 0.419 e. The van der Waals surface area contributed by atoms with Crippen LogP contribution < -0.4 is 5.32 Å². The number of nitrogens with one attached hydrogen (secondary N) is 1. The molecule has 1 aromatic heterocycles. The summed E-state index contributed by atoms with van der Waals surface area (Å²) in [6.07, 6.45) is -3.04. The van der Waals surface area contributed by atoms with Crippen LogP contribution in [0.5, 0.6) is 0 Å². The van der Waals surface area contributed by atoms with Crippen molar-refractivity contribution in [1.82, 2.24) is 9.97 Å². The zero-order chi connectivity index (χ0) is 15.6. The maximum atomic E-state index is 13.2. The number of benzene rings is 1. The Kier molecular flexibility index (Phi) is 4.58. The van der Waals surface area contributed by atoms with E-state index in [0.717, 1.165) is 6.07 Å². The number of anilines is 2. The Hall–Kier alpha value is -1.54. The van der Waals surface area contributed by atoms with Crippen LogP contribution in [0.15, 0.2) is 29.4 Å². The molecule has 0 spiro atoms. The second kappa shape index (κ2) is 6.07. The summed E-state index contributed by atoms with van der Waals surface area (Å²) in [5, 5.41) is 3.16. The minimum atomic E-state index is -4.77. The molecule has 2 aromatic rings. The molecule has 2 rings (SSSR count). The Morgan fingerprint density at radius 1 is 1.19 bits per heavy atom. The van der Waals surface area contributed by atoms with E-state index < -0.39 is 17.6 Å². The first-order chi connectivity index (χ1) is 9.79. The van der Waals surface area contributed by atoms with Crippen molar-refractivity contribution in [1.29, 1.82) is 0 Å². The van der Waals surface area contributed by atoms with E-state index in [-0.39, 0.29) is 16.7 Å². The second-order valence-corrected chi connectivity index (χ2v) is 5.04. The third-order valence-electron chi connectivity index (χ3n) is 2.40. The van der Waals surface area contributed by atoms with Gasteiger partial charge in [-0.25, -0.2) is 14.4 Å². The molecule has 0 aliphatic heterocycles. The van der Waals surface area contributed by atoms with Crippen LogP contribution in [0.1, 0.15) is 5.56 Å². The van der Waals surface area contributed by atoms with Gasteiger partial charge in [-0.1, -0.05) is 23.4 Å². The Morgan fingerprint density at radius 2 is 1.90 bits per heavy atom. The molecule has 0 aliphatic carbocycles. The minimum Gasteiger partial charge on any atom is -0.340 e. The monoisotopic (exact) mass is 337 g/mol. The van der Waals surface area contributed by atoms with Crippen molar-refractivity contribution in [2.45, 2.75) is 11.3 Å². The van der Waals surface area contributed by atoms with Crippen molar-refractivity contribution < 1.29 is 17.6 Å². The van der Waals surface area contributed by atoms with Crippen LogP contribution in [0, 0.1) is 5.82 Å². The fourth-order valence-corrected chi connectivity index (χ4v) is 2.13. The quantitative estimate of drug-likeness (QED) is 0.379. The van der Waals surface area contributed by atoms with E-state index in [1.54, 1.807) is 6.26 Å². The summed E-state index contributed by atoms with van der Waals surface area (Å²) in [6, 6.07) is 3.95. The molecule has 0 fully saturated rings. The summed E-state index contributed by atoms with van der Waals surface area (Å²) in [5.41, 5.74) is -1.30. The lowest BCUT2D eigenvalue weighted by atomic mass is 10.2. The number of rotatable bonds is 3. The topological polar surface area (TPSA) is 37.8 Å². The summed E-state index contributed by atoms with van der Waals surface area (Å²) in [6.45, 7) is 0. The van der Waals surface area contributed by atoms with E-state index >= 15 is 0 Å². The number of halogens is 5. The fraction of sp³-hybridized carbons (Fsp3) is 0.167. The first-order valence-corrected chi connectivity index (χ1v) is 7.12. The number of thioether (sulfide) groups is 1. The van der Waals surface area contributed by atoms with Gasteiger partial charge in [-0.05, 0) is 24.5 Å². The lowest BCUT2D eigenvalue weighted by Crippen LogP contribution is -2.08. The average molecular weight is 338 g/mol. The van der Waals surface area contributed by atoms with Gasteiger partial charge < -0.3 is 5.32 Å². The van der Waals surface area contributed by atoms with Crippen molar-refractivity contribution in [3.63, 3.8) is 0 Å². The summed E-state index contributed by atoms with van der Waals surface area (Å²) >= 11 is 7.01. The molecule has 21 heavy (non-hydrogen) atoms. The fourth-order valence-electron chi connectivity index (χ4n) is 1.52. The van der Waals surface area contributed by atoms with Gasteiger partial charge in [0.15, 0.2) is 5.16 Å².